The summed E-state index contributed by atoms with van der Waals surface area (Å²) in [5, 5.41) is 0. The molecule has 1 aliphatic carbocycles. The summed E-state index contributed by atoms with van der Waals surface area (Å²) in [6, 6.07) is 7.99. The lowest BCUT2D eigenvalue weighted by molar-refractivity contribution is 0.392. The molecule has 0 heterocycles. The van der Waals surface area contributed by atoms with Gasteiger partial charge in [0.2, 0.25) is 0 Å². The average molecular weight is 274 g/mol. The summed E-state index contributed by atoms with van der Waals surface area (Å²) in [5.41, 5.74) is 15.2. The van der Waals surface area contributed by atoms with Crippen molar-refractivity contribution in [1.82, 2.24) is 0 Å². The van der Waals surface area contributed by atoms with E-state index >= 15 is 0 Å². The van der Waals surface area contributed by atoms with Gasteiger partial charge in [-0.1, -0.05) is 42.8 Å². The van der Waals surface area contributed by atoms with Crippen molar-refractivity contribution in [2.45, 2.75) is 37.2 Å². The number of hydrogen-bond donors (Lipinski definition) is 3. The van der Waals surface area contributed by atoms with E-state index in [1.165, 1.54) is 5.57 Å². The molecule has 19 heavy (non-hydrogen) atoms. The number of allylic oxidation sites excluding steroid dienone is 1. The maximum absolute atomic E-state index is 6.23. The maximum atomic E-state index is 6.23. The molecule has 1 aliphatic rings. The third kappa shape index (κ3) is 3.11. The largest absolute Gasteiger partial charge is 0.310 e. The maximum Gasteiger partial charge on any atom is 0.0899 e. The van der Waals surface area contributed by atoms with Gasteiger partial charge in [-0.15, -0.1) is 12.6 Å². The molecular formula is C16H22N2S. The standard InChI is InChI=1S/C16H22N2S/c1-11-9-10-16(17,18)14(12(11)2)8-7-13-5-3-4-6-15(13)19/h3-8,11,19H,9-10,17-18H2,1-2H3/b8-7+. The molecule has 3 heteroatoms. The van der Waals surface area contributed by atoms with E-state index in [-0.39, 0.29) is 0 Å². The molecule has 1 atom stereocenters. The second-order valence-electron chi connectivity index (χ2n) is 5.47. The lowest BCUT2D eigenvalue weighted by Crippen LogP contribution is -2.53. The van der Waals surface area contributed by atoms with Gasteiger partial charge in [-0.25, -0.2) is 0 Å². The van der Waals surface area contributed by atoms with Gasteiger partial charge in [0, 0.05) is 4.90 Å². The highest BCUT2D eigenvalue weighted by Crippen LogP contribution is 2.33. The lowest BCUT2D eigenvalue weighted by atomic mass is 9.78. The first-order chi connectivity index (χ1) is 8.92. The van der Waals surface area contributed by atoms with Crippen LogP contribution in [0.2, 0.25) is 0 Å². The first kappa shape index (κ1) is 14.4. The molecule has 0 saturated heterocycles. The van der Waals surface area contributed by atoms with Gasteiger partial charge < -0.3 is 11.5 Å². The normalized spacial score (nSPS) is 23.1. The fourth-order valence-corrected chi connectivity index (χ4v) is 2.76. The van der Waals surface area contributed by atoms with Crippen molar-refractivity contribution >= 4 is 18.7 Å². The zero-order chi connectivity index (χ0) is 14.0. The van der Waals surface area contributed by atoms with Crippen LogP contribution in [0.1, 0.15) is 32.3 Å². The summed E-state index contributed by atoms with van der Waals surface area (Å²) >= 11 is 4.45. The minimum Gasteiger partial charge on any atom is -0.310 e. The van der Waals surface area contributed by atoms with Gasteiger partial charge >= 0.3 is 0 Å². The van der Waals surface area contributed by atoms with Gasteiger partial charge in [0.25, 0.3) is 0 Å². The quantitative estimate of drug-likeness (QED) is 0.572. The molecule has 1 unspecified atom stereocenters. The van der Waals surface area contributed by atoms with Gasteiger partial charge in [0.1, 0.15) is 0 Å². The minimum absolute atomic E-state index is 0.547. The molecule has 0 aliphatic heterocycles. The smallest absolute Gasteiger partial charge is 0.0899 e. The predicted octanol–water partition coefficient (Wildman–Crippen LogP) is 3.35. The summed E-state index contributed by atoms with van der Waals surface area (Å²) < 4.78 is 0. The monoisotopic (exact) mass is 274 g/mol. The molecule has 0 bridgehead atoms. The summed E-state index contributed by atoms with van der Waals surface area (Å²) in [4.78, 5) is 0.959. The van der Waals surface area contributed by atoms with Crippen molar-refractivity contribution in [1.29, 1.82) is 0 Å². The van der Waals surface area contributed by atoms with Gasteiger partial charge in [-0.3, -0.25) is 0 Å². The molecule has 0 amide bonds. The summed E-state index contributed by atoms with van der Waals surface area (Å²) in [5.74, 6) is 0.547. The highest BCUT2D eigenvalue weighted by Gasteiger charge is 2.31. The van der Waals surface area contributed by atoms with E-state index in [1.807, 2.05) is 30.3 Å². The Balaban J connectivity index is 2.35. The third-order valence-corrected chi connectivity index (χ3v) is 4.43. The number of thiol groups is 1. The summed E-state index contributed by atoms with van der Waals surface area (Å²) in [6.07, 6.45) is 5.99. The number of nitrogens with two attached hydrogens (primary N) is 2. The van der Waals surface area contributed by atoms with Crippen molar-refractivity contribution in [3.05, 3.63) is 47.1 Å². The van der Waals surface area contributed by atoms with Crippen LogP contribution >= 0.6 is 12.6 Å². The van der Waals surface area contributed by atoms with E-state index in [2.05, 4.69) is 32.6 Å². The van der Waals surface area contributed by atoms with Gasteiger partial charge in [-0.05, 0) is 42.9 Å². The fourth-order valence-electron chi connectivity index (χ4n) is 2.53. The Morgan fingerprint density at radius 2 is 1.95 bits per heavy atom. The Bertz CT molecular complexity index is 529. The molecule has 0 spiro atoms. The van der Waals surface area contributed by atoms with Crippen molar-refractivity contribution in [2.75, 3.05) is 0 Å². The van der Waals surface area contributed by atoms with Crippen LogP contribution in [0.3, 0.4) is 0 Å². The van der Waals surface area contributed by atoms with E-state index in [9.17, 15) is 0 Å². The average Bonchev–Trinajstić information content (AvgIpc) is 2.36. The zero-order valence-electron chi connectivity index (χ0n) is 11.6. The fraction of sp³-hybridized carbons (Fsp3) is 0.375. The Kier molecular flexibility index (Phi) is 4.19. The molecule has 1 aromatic rings. The van der Waals surface area contributed by atoms with Crippen LogP contribution in [0.15, 0.2) is 46.4 Å². The molecule has 2 nitrogen and oxygen atoms in total. The minimum atomic E-state index is -0.710. The van der Waals surface area contributed by atoms with Crippen LogP contribution in [0, 0.1) is 5.92 Å². The third-order valence-electron chi connectivity index (χ3n) is 4.02. The van der Waals surface area contributed by atoms with Crippen molar-refractivity contribution < 1.29 is 0 Å². The van der Waals surface area contributed by atoms with Crippen LogP contribution in [-0.4, -0.2) is 5.66 Å². The van der Waals surface area contributed by atoms with E-state index < -0.39 is 5.66 Å². The van der Waals surface area contributed by atoms with Crippen molar-refractivity contribution in [2.24, 2.45) is 17.4 Å². The SMILES string of the molecule is CC1=C(/C=C/c2ccccc2S)C(N)(N)CCC1C. The van der Waals surface area contributed by atoms with Gasteiger partial charge in [-0.2, -0.15) is 0 Å². The van der Waals surface area contributed by atoms with Gasteiger partial charge in [0.15, 0.2) is 0 Å². The molecule has 0 radical (unpaired) electrons. The Morgan fingerprint density at radius 3 is 2.63 bits per heavy atom. The van der Waals surface area contributed by atoms with Crippen LogP contribution < -0.4 is 11.5 Å². The van der Waals surface area contributed by atoms with E-state index in [1.54, 1.807) is 0 Å². The summed E-state index contributed by atoms with van der Waals surface area (Å²) in [6.45, 7) is 4.36. The zero-order valence-corrected chi connectivity index (χ0v) is 12.5. The molecule has 4 N–H and O–H groups in total. The van der Waals surface area contributed by atoms with Crippen LogP contribution in [0.4, 0.5) is 0 Å². The highest BCUT2D eigenvalue weighted by molar-refractivity contribution is 7.80. The molecule has 0 fully saturated rings. The molecule has 1 aromatic carbocycles. The highest BCUT2D eigenvalue weighted by atomic mass is 32.1. The molecule has 2 rings (SSSR count). The lowest BCUT2D eigenvalue weighted by Gasteiger charge is -2.35. The molecule has 102 valence electrons. The second-order valence-corrected chi connectivity index (χ2v) is 5.95. The van der Waals surface area contributed by atoms with Crippen molar-refractivity contribution in [3.63, 3.8) is 0 Å². The van der Waals surface area contributed by atoms with Crippen molar-refractivity contribution in [3.8, 4) is 0 Å². The Morgan fingerprint density at radius 1 is 1.26 bits per heavy atom. The Labute approximate surface area is 121 Å². The second kappa shape index (κ2) is 5.53. The first-order valence-electron chi connectivity index (χ1n) is 6.67. The summed E-state index contributed by atoms with van der Waals surface area (Å²) in [7, 11) is 0. The van der Waals surface area contributed by atoms with E-state index in [0.717, 1.165) is 28.9 Å². The van der Waals surface area contributed by atoms with Crippen LogP contribution in [-0.2, 0) is 0 Å². The topological polar surface area (TPSA) is 52.0 Å². The first-order valence-corrected chi connectivity index (χ1v) is 7.11. The Hall–Kier alpha value is -1.03. The van der Waals surface area contributed by atoms with E-state index in [4.69, 9.17) is 11.5 Å². The molecular weight excluding hydrogens is 252 g/mol. The predicted molar refractivity (Wildman–Crippen MR) is 84.9 cm³/mol. The number of rotatable bonds is 2. The molecule has 0 aromatic heterocycles. The number of benzene rings is 1. The van der Waals surface area contributed by atoms with Crippen LogP contribution in [0.25, 0.3) is 6.08 Å². The van der Waals surface area contributed by atoms with Gasteiger partial charge in [0.05, 0.1) is 5.66 Å². The van der Waals surface area contributed by atoms with E-state index in [0.29, 0.717) is 5.92 Å². The molecule has 0 saturated carbocycles. The number of hydrogen-bond acceptors (Lipinski definition) is 3. The van der Waals surface area contributed by atoms with Crippen LogP contribution in [0.5, 0.6) is 0 Å².